The molecule has 3 heterocycles. The van der Waals surface area contributed by atoms with Crippen LogP contribution in [0.2, 0.25) is 0 Å². The first kappa shape index (κ1) is 30.7. The zero-order chi connectivity index (χ0) is 29.2. The van der Waals surface area contributed by atoms with Gasteiger partial charge in [0, 0.05) is 43.8 Å². The highest BCUT2D eigenvalue weighted by atomic mass is 32.2. The Morgan fingerprint density at radius 1 is 1.10 bits per heavy atom. The molecule has 0 saturated carbocycles. The van der Waals surface area contributed by atoms with Crippen molar-refractivity contribution in [2.24, 2.45) is 5.92 Å². The van der Waals surface area contributed by atoms with Gasteiger partial charge in [-0.1, -0.05) is 38.5 Å². The number of methoxy groups -OCH3 is 1. The number of aromatic nitrogens is 3. The van der Waals surface area contributed by atoms with Crippen LogP contribution in [0.5, 0.6) is 5.75 Å². The SMILES string of the molecule is CCCCC(CC)C(=O)N1CCN(C(=O)CCCCSc2nnc(-c3ccco3)n2-c2ccc(OC)cc2)CC1C. The number of hydrogen-bond acceptors (Lipinski definition) is 7. The number of nitrogens with zero attached hydrogens (tertiary/aromatic N) is 5. The van der Waals surface area contributed by atoms with Gasteiger partial charge in [0.2, 0.25) is 17.6 Å². The summed E-state index contributed by atoms with van der Waals surface area (Å²) in [6, 6.07) is 11.5. The van der Waals surface area contributed by atoms with Crippen molar-refractivity contribution in [3.8, 4) is 23.0 Å². The molecule has 222 valence electrons. The molecule has 1 aromatic carbocycles. The molecule has 0 radical (unpaired) electrons. The Kier molecular flexibility index (Phi) is 11.3. The second-order valence-electron chi connectivity index (χ2n) is 10.6. The van der Waals surface area contributed by atoms with Crippen LogP contribution in [0.1, 0.15) is 65.7 Å². The maximum absolute atomic E-state index is 13.1. The zero-order valence-electron chi connectivity index (χ0n) is 24.8. The van der Waals surface area contributed by atoms with E-state index >= 15 is 0 Å². The molecule has 3 aromatic rings. The van der Waals surface area contributed by atoms with Crippen molar-refractivity contribution in [3.63, 3.8) is 0 Å². The molecule has 1 aliphatic rings. The fourth-order valence-corrected chi connectivity index (χ4v) is 6.24. The van der Waals surface area contributed by atoms with Crippen LogP contribution in [0.4, 0.5) is 0 Å². The van der Waals surface area contributed by atoms with Crippen LogP contribution in [0.3, 0.4) is 0 Å². The minimum Gasteiger partial charge on any atom is -0.497 e. The monoisotopic (exact) mass is 581 g/mol. The molecule has 4 rings (SSSR count). The van der Waals surface area contributed by atoms with E-state index in [1.807, 2.05) is 50.8 Å². The lowest BCUT2D eigenvalue weighted by molar-refractivity contribution is -0.145. The Bertz CT molecular complexity index is 1240. The first-order valence-corrected chi connectivity index (χ1v) is 15.8. The molecule has 2 amide bonds. The molecule has 0 N–H and O–H groups in total. The van der Waals surface area contributed by atoms with E-state index in [9.17, 15) is 9.59 Å². The quantitative estimate of drug-likeness (QED) is 0.168. The van der Waals surface area contributed by atoms with Gasteiger partial charge in [-0.3, -0.25) is 14.2 Å². The smallest absolute Gasteiger partial charge is 0.226 e. The summed E-state index contributed by atoms with van der Waals surface area (Å²) in [4.78, 5) is 30.0. The van der Waals surface area contributed by atoms with Crippen LogP contribution in [0.25, 0.3) is 17.3 Å². The average Bonchev–Trinajstić information content (AvgIpc) is 3.67. The maximum atomic E-state index is 13.1. The Balaban J connectivity index is 1.27. The minimum atomic E-state index is 0.0547. The molecule has 0 bridgehead atoms. The molecular formula is C31H43N5O4S. The molecule has 10 heteroatoms. The third-order valence-electron chi connectivity index (χ3n) is 7.73. The van der Waals surface area contributed by atoms with E-state index in [2.05, 4.69) is 31.0 Å². The van der Waals surface area contributed by atoms with E-state index in [1.165, 1.54) is 0 Å². The summed E-state index contributed by atoms with van der Waals surface area (Å²) in [7, 11) is 1.65. The van der Waals surface area contributed by atoms with Gasteiger partial charge >= 0.3 is 0 Å². The number of carbonyl (C=O) groups is 2. The lowest BCUT2D eigenvalue weighted by Gasteiger charge is -2.41. The maximum Gasteiger partial charge on any atom is 0.226 e. The van der Waals surface area contributed by atoms with Gasteiger partial charge in [0.05, 0.1) is 19.1 Å². The molecule has 1 fully saturated rings. The lowest BCUT2D eigenvalue weighted by atomic mass is 9.96. The predicted molar refractivity (Wildman–Crippen MR) is 161 cm³/mol. The number of piperazine rings is 1. The number of benzene rings is 1. The van der Waals surface area contributed by atoms with Gasteiger partial charge in [-0.15, -0.1) is 10.2 Å². The van der Waals surface area contributed by atoms with E-state index in [1.54, 1.807) is 25.1 Å². The standard InChI is InChI=1S/C31H43N5O4S/c1-5-7-11-24(6-2)30(38)35-19-18-34(22-23(35)3)28(37)13-8-9-21-41-31-33-32-29(27-12-10-20-40-27)36(31)25-14-16-26(39-4)17-15-25/h10,12,14-17,20,23-24H,5-9,11,13,18-19,21-22H2,1-4H3. The molecule has 0 aliphatic carbocycles. The number of ether oxygens (including phenoxy) is 1. The van der Waals surface area contributed by atoms with Gasteiger partial charge in [0.15, 0.2) is 10.9 Å². The van der Waals surface area contributed by atoms with Gasteiger partial charge in [-0.05, 0) is 69.0 Å². The van der Waals surface area contributed by atoms with Crippen molar-refractivity contribution in [2.75, 3.05) is 32.5 Å². The van der Waals surface area contributed by atoms with E-state index in [-0.39, 0.29) is 23.8 Å². The second-order valence-corrected chi connectivity index (χ2v) is 11.7. The Hall–Kier alpha value is -3.27. The highest BCUT2D eigenvalue weighted by molar-refractivity contribution is 7.99. The number of thioether (sulfide) groups is 1. The van der Waals surface area contributed by atoms with Crippen LogP contribution in [-0.4, -0.2) is 74.9 Å². The molecule has 2 aromatic heterocycles. The first-order valence-electron chi connectivity index (χ1n) is 14.8. The molecule has 2 unspecified atom stereocenters. The van der Waals surface area contributed by atoms with Crippen molar-refractivity contribution in [2.45, 2.75) is 76.9 Å². The fourth-order valence-electron chi connectivity index (χ4n) is 5.29. The summed E-state index contributed by atoms with van der Waals surface area (Å²) in [5, 5.41) is 9.61. The van der Waals surface area contributed by atoms with Gasteiger partial charge in [-0.2, -0.15) is 0 Å². The number of carbonyl (C=O) groups excluding carboxylic acids is 2. The summed E-state index contributed by atoms with van der Waals surface area (Å²) in [5.41, 5.74) is 0.919. The lowest BCUT2D eigenvalue weighted by Crippen LogP contribution is -2.56. The van der Waals surface area contributed by atoms with E-state index in [4.69, 9.17) is 9.15 Å². The van der Waals surface area contributed by atoms with Gasteiger partial charge in [0.1, 0.15) is 5.75 Å². The molecular weight excluding hydrogens is 538 g/mol. The van der Waals surface area contributed by atoms with Crippen molar-refractivity contribution in [3.05, 3.63) is 42.7 Å². The summed E-state index contributed by atoms with van der Waals surface area (Å²) in [5.74, 6) is 3.41. The molecule has 9 nitrogen and oxygen atoms in total. The van der Waals surface area contributed by atoms with Crippen molar-refractivity contribution in [1.82, 2.24) is 24.6 Å². The van der Waals surface area contributed by atoms with Gasteiger partial charge in [0.25, 0.3) is 0 Å². The first-order chi connectivity index (χ1) is 20.0. The molecule has 1 aliphatic heterocycles. The minimum absolute atomic E-state index is 0.0547. The Morgan fingerprint density at radius 2 is 1.90 bits per heavy atom. The third-order valence-corrected chi connectivity index (χ3v) is 8.75. The van der Waals surface area contributed by atoms with Crippen LogP contribution < -0.4 is 4.74 Å². The molecule has 2 atom stereocenters. The van der Waals surface area contributed by atoms with Crippen molar-refractivity contribution in [1.29, 1.82) is 0 Å². The third kappa shape index (κ3) is 7.72. The number of rotatable bonds is 14. The zero-order valence-corrected chi connectivity index (χ0v) is 25.6. The summed E-state index contributed by atoms with van der Waals surface area (Å²) in [6.07, 6.45) is 7.84. The van der Waals surface area contributed by atoms with Crippen LogP contribution >= 0.6 is 11.8 Å². The van der Waals surface area contributed by atoms with Crippen molar-refractivity contribution < 1.29 is 18.7 Å². The van der Waals surface area contributed by atoms with Crippen LogP contribution in [0, 0.1) is 5.92 Å². The summed E-state index contributed by atoms with van der Waals surface area (Å²) in [6.45, 7) is 8.19. The average molecular weight is 582 g/mol. The van der Waals surface area contributed by atoms with Gasteiger partial charge < -0.3 is 19.0 Å². The highest BCUT2D eigenvalue weighted by Crippen LogP contribution is 2.30. The van der Waals surface area contributed by atoms with Crippen molar-refractivity contribution >= 4 is 23.6 Å². The number of hydrogen-bond donors (Lipinski definition) is 0. The van der Waals surface area contributed by atoms with E-state index in [0.29, 0.717) is 37.6 Å². The topological polar surface area (TPSA) is 93.7 Å². The number of furan rings is 1. The normalized spacial score (nSPS) is 16.1. The number of unbranched alkanes of at least 4 members (excludes halogenated alkanes) is 2. The van der Waals surface area contributed by atoms with E-state index in [0.717, 1.165) is 60.9 Å². The summed E-state index contributed by atoms with van der Waals surface area (Å²) >= 11 is 1.62. The predicted octanol–water partition coefficient (Wildman–Crippen LogP) is 6.07. The van der Waals surface area contributed by atoms with E-state index < -0.39 is 0 Å². The molecule has 1 saturated heterocycles. The summed E-state index contributed by atoms with van der Waals surface area (Å²) < 4.78 is 12.9. The highest BCUT2D eigenvalue weighted by Gasteiger charge is 2.32. The Morgan fingerprint density at radius 3 is 2.56 bits per heavy atom. The largest absolute Gasteiger partial charge is 0.497 e. The molecule has 0 spiro atoms. The molecule has 41 heavy (non-hydrogen) atoms. The van der Waals surface area contributed by atoms with Crippen LogP contribution in [-0.2, 0) is 9.59 Å². The fraction of sp³-hybridized carbons (Fsp3) is 0.548. The number of amides is 2. The van der Waals surface area contributed by atoms with Crippen LogP contribution in [0.15, 0.2) is 52.2 Å². The van der Waals surface area contributed by atoms with Gasteiger partial charge in [-0.25, -0.2) is 0 Å². The second kappa shape index (κ2) is 15.1. The Labute approximate surface area is 247 Å².